The molecule has 1 fully saturated rings. The van der Waals surface area contributed by atoms with Gasteiger partial charge in [-0.1, -0.05) is 30.3 Å². The van der Waals surface area contributed by atoms with Crippen molar-refractivity contribution in [3.05, 3.63) is 60.2 Å². The summed E-state index contributed by atoms with van der Waals surface area (Å²) in [6.07, 6.45) is -7.17. The maximum absolute atomic E-state index is 12.5. The molecule has 4 N–H and O–H groups in total. The van der Waals surface area contributed by atoms with Crippen LogP contribution in [0.25, 0.3) is 0 Å². The zero-order chi connectivity index (χ0) is 19.4. The van der Waals surface area contributed by atoms with Crippen molar-refractivity contribution >= 4 is 5.97 Å². The van der Waals surface area contributed by atoms with E-state index in [-0.39, 0.29) is 11.3 Å². The van der Waals surface area contributed by atoms with E-state index in [2.05, 4.69) is 0 Å². The summed E-state index contributed by atoms with van der Waals surface area (Å²) in [7, 11) is 0. The van der Waals surface area contributed by atoms with Crippen molar-refractivity contribution in [1.82, 2.24) is 0 Å². The molecule has 1 aliphatic heterocycles. The first-order valence-corrected chi connectivity index (χ1v) is 8.34. The quantitative estimate of drug-likeness (QED) is 0.427. The fraction of sp³-hybridized carbons (Fsp3) is 0.316. The number of esters is 1. The van der Waals surface area contributed by atoms with Crippen LogP contribution in [0.2, 0.25) is 0 Å². The SMILES string of the molecule is O=C(Oc1ccccc1)c1ccccc1O[C@H]1O[C@H](CO)[C@@H](O)[C@H](O)[C@H]1O. The Morgan fingerprint density at radius 3 is 2.30 bits per heavy atom. The fourth-order valence-electron chi connectivity index (χ4n) is 2.68. The average Bonchev–Trinajstić information content (AvgIpc) is 2.69. The van der Waals surface area contributed by atoms with Gasteiger partial charge in [0.2, 0.25) is 6.29 Å². The van der Waals surface area contributed by atoms with Gasteiger partial charge in [-0.15, -0.1) is 0 Å². The largest absolute Gasteiger partial charge is 0.461 e. The fourth-order valence-corrected chi connectivity index (χ4v) is 2.68. The molecule has 1 heterocycles. The number of aliphatic hydroxyl groups excluding tert-OH is 4. The Balaban J connectivity index is 1.78. The van der Waals surface area contributed by atoms with Gasteiger partial charge in [-0.3, -0.25) is 0 Å². The van der Waals surface area contributed by atoms with E-state index in [0.29, 0.717) is 5.75 Å². The van der Waals surface area contributed by atoms with Crippen molar-refractivity contribution in [2.24, 2.45) is 0 Å². The molecule has 0 amide bonds. The lowest BCUT2D eigenvalue weighted by molar-refractivity contribution is -0.277. The van der Waals surface area contributed by atoms with Crippen LogP contribution in [0.4, 0.5) is 0 Å². The molecule has 0 unspecified atom stereocenters. The topological polar surface area (TPSA) is 126 Å². The Bertz CT molecular complexity index is 763. The molecule has 144 valence electrons. The van der Waals surface area contributed by atoms with Crippen LogP contribution in [0.1, 0.15) is 10.4 Å². The smallest absolute Gasteiger partial charge is 0.347 e. The summed E-state index contributed by atoms with van der Waals surface area (Å²) in [5.41, 5.74) is 0.0818. The van der Waals surface area contributed by atoms with Crippen LogP contribution in [-0.2, 0) is 4.74 Å². The van der Waals surface area contributed by atoms with Gasteiger partial charge in [0.05, 0.1) is 6.61 Å². The second-order valence-electron chi connectivity index (χ2n) is 6.01. The van der Waals surface area contributed by atoms with Crippen LogP contribution in [0, 0.1) is 0 Å². The number of hydrogen-bond donors (Lipinski definition) is 4. The highest BCUT2D eigenvalue weighted by Gasteiger charge is 2.45. The number of carbonyl (C=O) groups excluding carboxylic acids is 1. The van der Waals surface area contributed by atoms with Crippen LogP contribution >= 0.6 is 0 Å². The predicted molar refractivity (Wildman–Crippen MR) is 92.2 cm³/mol. The Morgan fingerprint density at radius 1 is 0.926 bits per heavy atom. The highest BCUT2D eigenvalue weighted by Crippen LogP contribution is 2.27. The first-order chi connectivity index (χ1) is 13.0. The van der Waals surface area contributed by atoms with E-state index >= 15 is 0 Å². The van der Waals surface area contributed by atoms with Gasteiger partial charge < -0.3 is 34.6 Å². The summed E-state index contributed by atoms with van der Waals surface area (Å²) in [6.45, 7) is -0.581. The molecule has 0 saturated carbocycles. The highest BCUT2D eigenvalue weighted by atomic mass is 16.7. The minimum absolute atomic E-state index is 0.0581. The number of para-hydroxylation sites is 2. The monoisotopic (exact) mass is 376 g/mol. The molecule has 5 atom stereocenters. The summed E-state index contributed by atoms with van der Waals surface area (Å²) in [5.74, 6) is -0.269. The second-order valence-corrected chi connectivity index (χ2v) is 6.01. The van der Waals surface area contributed by atoms with Crippen LogP contribution in [0.5, 0.6) is 11.5 Å². The Labute approximate surface area is 155 Å². The molecule has 0 aromatic heterocycles. The van der Waals surface area contributed by atoms with Crippen LogP contribution in [-0.4, -0.2) is 63.7 Å². The number of aliphatic hydroxyl groups is 4. The van der Waals surface area contributed by atoms with Crippen molar-refractivity contribution in [1.29, 1.82) is 0 Å². The van der Waals surface area contributed by atoms with Crippen molar-refractivity contribution in [3.8, 4) is 11.5 Å². The zero-order valence-electron chi connectivity index (χ0n) is 14.2. The van der Waals surface area contributed by atoms with Gasteiger partial charge in [0, 0.05) is 0 Å². The summed E-state index contributed by atoms with van der Waals surface area (Å²) < 4.78 is 16.1. The number of ether oxygens (including phenoxy) is 3. The molecule has 1 aliphatic rings. The molecule has 0 spiro atoms. The Hall–Kier alpha value is -2.49. The highest BCUT2D eigenvalue weighted by molar-refractivity contribution is 5.93. The van der Waals surface area contributed by atoms with Gasteiger partial charge >= 0.3 is 5.97 Å². The summed E-state index contributed by atoms with van der Waals surface area (Å²) in [4.78, 5) is 12.5. The maximum Gasteiger partial charge on any atom is 0.347 e. The minimum atomic E-state index is -1.58. The average molecular weight is 376 g/mol. The van der Waals surface area contributed by atoms with E-state index in [1.165, 1.54) is 12.1 Å². The molecule has 27 heavy (non-hydrogen) atoms. The van der Waals surface area contributed by atoms with Gasteiger partial charge in [0.25, 0.3) is 0 Å². The Kier molecular flexibility index (Phi) is 6.04. The normalized spacial score (nSPS) is 27.8. The number of hydrogen-bond acceptors (Lipinski definition) is 8. The zero-order valence-corrected chi connectivity index (χ0v) is 14.2. The lowest BCUT2D eigenvalue weighted by Crippen LogP contribution is -2.60. The maximum atomic E-state index is 12.5. The third-order valence-corrected chi connectivity index (χ3v) is 4.15. The number of benzene rings is 2. The van der Waals surface area contributed by atoms with Gasteiger partial charge in [-0.25, -0.2) is 4.79 Å². The first-order valence-electron chi connectivity index (χ1n) is 8.34. The van der Waals surface area contributed by atoms with Crippen molar-refractivity contribution < 1.29 is 39.4 Å². The summed E-state index contributed by atoms with van der Waals surface area (Å²) in [6, 6.07) is 14.7. The van der Waals surface area contributed by atoms with Crippen molar-refractivity contribution in [2.45, 2.75) is 30.7 Å². The Morgan fingerprint density at radius 2 is 1.59 bits per heavy atom. The van der Waals surface area contributed by atoms with Crippen molar-refractivity contribution in [2.75, 3.05) is 6.61 Å². The summed E-state index contributed by atoms with van der Waals surface area (Å²) in [5, 5.41) is 39.0. The molecule has 0 aliphatic carbocycles. The molecule has 8 heteroatoms. The molecule has 1 saturated heterocycles. The molecule has 2 aromatic rings. The lowest BCUT2D eigenvalue weighted by Gasteiger charge is -2.39. The predicted octanol–water partition coefficient (Wildman–Crippen LogP) is 0.0845. The first kappa shape index (κ1) is 19.3. The van der Waals surface area contributed by atoms with Crippen LogP contribution in [0.15, 0.2) is 54.6 Å². The van der Waals surface area contributed by atoms with Gasteiger partial charge in [0.15, 0.2) is 0 Å². The van der Waals surface area contributed by atoms with E-state index in [9.17, 15) is 25.2 Å². The molecule has 8 nitrogen and oxygen atoms in total. The molecular formula is C19H20O8. The second kappa shape index (κ2) is 8.47. The molecule has 0 radical (unpaired) electrons. The van der Waals surface area contributed by atoms with E-state index < -0.39 is 43.3 Å². The third-order valence-electron chi connectivity index (χ3n) is 4.15. The third kappa shape index (κ3) is 4.26. The molecule has 3 rings (SSSR count). The standard InChI is InChI=1S/C19H20O8/c20-10-14-15(21)16(22)17(23)19(27-14)26-13-9-5-4-8-12(13)18(24)25-11-6-2-1-3-7-11/h1-9,14-17,19-23H,10H2/t14-,15-,16+,17-,19+/m1/s1. The van der Waals surface area contributed by atoms with Gasteiger partial charge in [-0.2, -0.15) is 0 Å². The number of carbonyl (C=O) groups is 1. The van der Waals surface area contributed by atoms with E-state index in [1.807, 2.05) is 0 Å². The molecule has 0 bridgehead atoms. The summed E-state index contributed by atoms with van der Waals surface area (Å²) >= 11 is 0. The van der Waals surface area contributed by atoms with Crippen LogP contribution < -0.4 is 9.47 Å². The van der Waals surface area contributed by atoms with E-state index in [0.717, 1.165) is 0 Å². The van der Waals surface area contributed by atoms with Gasteiger partial charge in [-0.05, 0) is 24.3 Å². The molecule has 2 aromatic carbocycles. The van der Waals surface area contributed by atoms with Crippen molar-refractivity contribution in [3.63, 3.8) is 0 Å². The lowest BCUT2D eigenvalue weighted by atomic mass is 9.99. The van der Waals surface area contributed by atoms with E-state index in [4.69, 9.17) is 14.2 Å². The minimum Gasteiger partial charge on any atom is -0.461 e. The number of rotatable bonds is 5. The molecular weight excluding hydrogens is 356 g/mol. The van der Waals surface area contributed by atoms with Gasteiger partial charge in [0.1, 0.15) is 41.5 Å². The van der Waals surface area contributed by atoms with Crippen LogP contribution in [0.3, 0.4) is 0 Å². The van der Waals surface area contributed by atoms with E-state index in [1.54, 1.807) is 42.5 Å².